The molecule has 1 aromatic carbocycles. The molecule has 3 nitrogen and oxygen atoms in total. The monoisotopic (exact) mass is 340 g/mol. The van der Waals surface area contributed by atoms with Gasteiger partial charge in [-0.2, -0.15) is 0 Å². The minimum absolute atomic E-state index is 0.245. The maximum Gasteiger partial charge on any atom is 0.0606 e. The summed E-state index contributed by atoms with van der Waals surface area (Å²) in [5, 5.41) is 11.5. The average Bonchev–Trinajstić information content (AvgIpc) is 3.11. The summed E-state index contributed by atoms with van der Waals surface area (Å²) in [6.45, 7) is 5.09. The number of thiophene rings is 1. The fourth-order valence-electron chi connectivity index (χ4n) is 3.11. The number of piperazine rings is 1. The van der Waals surface area contributed by atoms with Crippen LogP contribution in [-0.4, -0.2) is 53.7 Å². The van der Waals surface area contributed by atoms with Gasteiger partial charge in [0.1, 0.15) is 0 Å². The minimum atomic E-state index is 0.245. The van der Waals surface area contributed by atoms with Crippen LogP contribution in [0.2, 0.25) is 0 Å². The van der Waals surface area contributed by atoms with Gasteiger partial charge in [0, 0.05) is 49.3 Å². The smallest absolute Gasteiger partial charge is 0.0606 e. The van der Waals surface area contributed by atoms with Crippen LogP contribution in [0.3, 0.4) is 0 Å². The first-order chi connectivity index (χ1) is 11.8. The van der Waals surface area contributed by atoms with Gasteiger partial charge in [-0.15, -0.1) is 11.3 Å². The van der Waals surface area contributed by atoms with Crippen molar-refractivity contribution in [2.24, 2.45) is 0 Å². The first-order valence-corrected chi connectivity index (χ1v) is 9.36. The Hall–Kier alpha value is -1.64. The van der Waals surface area contributed by atoms with Crippen molar-refractivity contribution >= 4 is 11.3 Å². The van der Waals surface area contributed by atoms with Gasteiger partial charge in [-0.1, -0.05) is 36.1 Å². The molecule has 2 heterocycles. The Morgan fingerprint density at radius 3 is 2.75 bits per heavy atom. The molecule has 1 unspecified atom stereocenters. The molecule has 24 heavy (non-hydrogen) atoms. The summed E-state index contributed by atoms with van der Waals surface area (Å²) in [6.07, 6.45) is 0.827. The number of hydrogen-bond acceptors (Lipinski definition) is 4. The van der Waals surface area contributed by atoms with Gasteiger partial charge in [0.2, 0.25) is 0 Å². The standard InChI is InChI=1S/C20H24N2OS/c23-14-10-19-16-21(11-4-8-18-6-2-1-3-7-18)12-13-22(19)17-20-9-5-15-24-20/h1-3,5-7,9,15,19,23H,10-14,16-17H2. The predicted octanol–water partition coefficient (Wildman–Crippen LogP) is 2.67. The van der Waals surface area contributed by atoms with Crippen molar-refractivity contribution in [1.82, 2.24) is 9.80 Å². The number of rotatable bonds is 5. The lowest BCUT2D eigenvalue weighted by molar-refractivity contribution is 0.0613. The molecule has 0 saturated carbocycles. The fourth-order valence-corrected chi connectivity index (χ4v) is 3.84. The predicted molar refractivity (Wildman–Crippen MR) is 100.0 cm³/mol. The Balaban J connectivity index is 1.55. The summed E-state index contributed by atoms with van der Waals surface area (Å²) < 4.78 is 0. The summed E-state index contributed by atoms with van der Waals surface area (Å²) in [4.78, 5) is 6.31. The van der Waals surface area contributed by atoms with Crippen LogP contribution >= 0.6 is 11.3 Å². The second-order valence-corrected chi connectivity index (χ2v) is 7.15. The average molecular weight is 340 g/mol. The molecule has 4 heteroatoms. The zero-order valence-corrected chi connectivity index (χ0v) is 14.7. The van der Waals surface area contributed by atoms with Crippen molar-refractivity contribution in [3.8, 4) is 11.8 Å². The van der Waals surface area contributed by atoms with Gasteiger partial charge in [0.05, 0.1) is 6.54 Å². The van der Waals surface area contributed by atoms with Gasteiger partial charge < -0.3 is 5.11 Å². The van der Waals surface area contributed by atoms with E-state index < -0.39 is 0 Å². The van der Waals surface area contributed by atoms with E-state index in [1.54, 1.807) is 0 Å². The highest BCUT2D eigenvalue weighted by Crippen LogP contribution is 2.18. The number of nitrogens with zero attached hydrogens (tertiary/aromatic N) is 2. The van der Waals surface area contributed by atoms with Crippen LogP contribution in [0.25, 0.3) is 0 Å². The molecule has 0 spiro atoms. The molecular weight excluding hydrogens is 316 g/mol. The molecular formula is C20H24N2OS. The van der Waals surface area contributed by atoms with Gasteiger partial charge in [0.25, 0.3) is 0 Å². The molecule has 1 aliphatic heterocycles. The molecule has 1 fully saturated rings. The Morgan fingerprint density at radius 1 is 1.12 bits per heavy atom. The quantitative estimate of drug-likeness (QED) is 0.848. The summed E-state index contributed by atoms with van der Waals surface area (Å²) in [5.74, 6) is 6.52. The molecule has 0 amide bonds. The van der Waals surface area contributed by atoms with Gasteiger partial charge >= 0.3 is 0 Å². The van der Waals surface area contributed by atoms with E-state index in [9.17, 15) is 5.11 Å². The van der Waals surface area contributed by atoms with Crippen LogP contribution in [0, 0.1) is 11.8 Å². The largest absolute Gasteiger partial charge is 0.396 e. The van der Waals surface area contributed by atoms with Crippen LogP contribution in [0.1, 0.15) is 16.9 Å². The van der Waals surface area contributed by atoms with Crippen LogP contribution in [0.15, 0.2) is 47.8 Å². The van der Waals surface area contributed by atoms with E-state index in [-0.39, 0.29) is 6.61 Å². The van der Waals surface area contributed by atoms with Crippen molar-refractivity contribution in [2.45, 2.75) is 19.0 Å². The number of aliphatic hydroxyl groups excluding tert-OH is 1. The van der Waals surface area contributed by atoms with Gasteiger partial charge in [-0.05, 0) is 30.0 Å². The fraction of sp³-hybridized carbons (Fsp3) is 0.400. The first-order valence-electron chi connectivity index (χ1n) is 8.49. The lowest BCUT2D eigenvalue weighted by Gasteiger charge is -2.40. The number of aliphatic hydroxyl groups is 1. The van der Waals surface area contributed by atoms with Crippen molar-refractivity contribution in [2.75, 3.05) is 32.8 Å². The van der Waals surface area contributed by atoms with E-state index in [1.807, 2.05) is 41.7 Å². The summed E-state index contributed by atoms with van der Waals surface area (Å²) >= 11 is 1.81. The summed E-state index contributed by atoms with van der Waals surface area (Å²) in [6, 6.07) is 14.8. The normalized spacial score (nSPS) is 19.0. The molecule has 1 N–H and O–H groups in total. The van der Waals surface area contributed by atoms with Crippen LogP contribution < -0.4 is 0 Å². The molecule has 1 aliphatic rings. The highest BCUT2D eigenvalue weighted by atomic mass is 32.1. The Morgan fingerprint density at radius 2 is 2.00 bits per heavy atom. The summed E-state index contributed by atoms with van der Waals surface area (Å²) in [7, 11) is 0. The zero-order valence-electron chi connectivity index (χ0n) is 13.9. The molecule has 126 valence electrons. The molecule has 0 aliphatic carbocycles. The van der Waals surface area contributed by atoms with Gasteiger partial charge in [-0.25, -0.2) is 0 Å². The van der Waals surface area contributed by atoms with E-state index in [0.717, 1.165) is 44.7 Å². The van der Waals surface area contributed by atoms with E-state index in [4.69, 9.17) is 0 Å². The molecule has 3 rings (SSSR count). The van der Waals surface area contributed by atoms with Gasteiger partial charge in [0.15, 0.2) is 0 Å². The second kappa shape index (κ2) is 9.00. The van der Waals surface area contributed by atoms with E-state index in [0.29, 0.717) is 6.04 Å². The third-order valence-electron chi connectivity index (χ3n) is 4.40. The molecule has 0 bridgehead atoms. The zero-order chi connectivity index (χ0) is 16.6. The van der Waals surface area contributed by atoms with Crippen molar-refractivity contribution < 1.29 is 5.11 Å². The molecule has 0 radical (unpaired) electrons. The second-order valence-electron chi connectivity index (χ2n) is 6.12. The molecule has 2 aromatic rings. The highest BCUT2D eigenvalue weighted by Gasteiger charge is 2.26. The van der Waals surface area contributed by atoms with E-state index in [1.165, 1.54) is 4.88 Å². The number of hydrogen-bond donors (Lipinski definition) is 1. The van der Waals surface area contributed by atoms with Crippen LogP contribution in [0.4, 0.5) is 0 Å². The third kappa shape index (κ3) is 4.93. The first kappa shape index (κ1) is 17.2. The topological polar surface area (TPSA) is 26.7 Å². The maximum atomic E-state index is 9.40. The van der Waals surface area contributed by atoms with Crippen molar-refractivity contribution in [1.29, 1.82) is 0 Å². The molecule has 1 aromatic heterocycles. The third-order valence-corrected chi connectivity index (χ3v) is 5.26. The Labute approximate surface area is 148 Å². The maximum absolute atomic E-state index is 9.40. The lowest BCUT2D eigenvalue weighted by atomic mass is 10.1. The molecule has 1 saturated heterocycles. The Bertz CT molecular complexity index is 660. The molecule has 1 atom stereocenters. The highest BCUT2D eigenvalue weighted by molar-refractivity contribution is 7.09. The van der Waals surface area contributed by atoms with E-state index in [2.05, 4.69) is 39.2 Å². The van der Waals surface area contributed by atoms with Crippen molar-refractivity contribution in [3.05, 3.63) is 58.3 Å². The Kier molecular flexibility index (Phi) is 6.45. The van der Waals surface area contributed by atoms with Crippen molar-refractivity contribution in [3.63, 3.8) is 0 Å². The lowest BCUT2D eigenvalue weighted by Crippen LogP contribution is -2.52. The van der Waals surface area contributed by atoms with Crippen LogP contribution in [0.5, 0.6) is 0 Å². The van der Waals surface area contributed by atoms with Crippen LogP contribution in [-0.2, 0) is 6.54 Å². The minimum Gasteiger partial charge on any atom is -0.396 e. The summed E-state index contributed by atoms with van der Waals surface area (Å²) in [5.41, 5.74) is 1.07. The van der Waals surface area contributed by atoms with E-state index >= 15 is 0 Å². The SMILES string of the molecule is OCCC1CN(CC#Cc2ccccc2)CCN1Cc1cccs1. The van der Waals surface area contributed by atoms with Gasteiger partial charge in [-0.3, -0.25) is 9.80 Å². The number of benzene rings is 1.